The molecule has 3 aromatic heterocycles. The van der Waals surface area contributed by atoms with E-state index in [1.54, 1.807) is 17.8 Å². The molecule has 3 rings (SSSR count). The van der Waals surface area contributed by atoms with Gasteiger partial charge < -0.3 is 4.74 Å². The fraction of sp³-hybridized carbons (Fsp3) is 0.200. The zero-order valence-corrected chi connectivity index (χ0v) is 11.7. The summed E-state index contributed by atoms with van der Waals surface area (Å²) in [7, 11) is 1.56. The smallest absolute Gasteiger partial charge is 0.226 e. The molecule has 0 aliphatic heterocycles. The third-order valence-electron chi connectivity index (χ3n) is 3.28. The fourth-order valence-electron chi connectivity index (χ4n) is 2.35. The zero-order valence-electron chi connectivity index (χ0n) is 11.7. The standard InChI is InChI=1S/C15H13N5O/c1-3-12-13(11-6-4-5-7-17-11)15(21-2)19-14-10(8-16)9-18-20(12)14/h4-7,9H,3H2,1-2H3. The first kappa shape index (κ1) is 13.1. The van der Waals surface area contributed by atoms with Crippen LogP contribution in [0, 0.1) is 11.3 Å². The number of pyridine rings is 1. The van der Waals surface area contributed by atoms with Gasteiger partial charge in [0.2, 0.25) is 5.88 Å². The van der Waals surface area contributed by atoms with E-state index in [2.05, 4.69) is 21.1 Å². The molecule has 0 radical (unpaired) electrons. The summed E-state index contributed by atoms with van der Waals surface area (Å²) in [6.07, 6.45) is 3.96. The number of methoxy groups -OCH3 is 1. The monoisotopic (exact) mass is 279 g/mol. The molecule has 3 heterocycles. The molecule has 0 fully saturated rings. The highest BCUT2D eigenvalue weighted by molar-refractivity contribution is 5.71. The zero-order chi connectivity index (χ0) is 14.8. The topological polar surface area (TPSA) is 76.1 Å². The van der Waals surface area contributed by atoms with Crippen LogP contribution in [0.4, 0.5) is 0 Å². The van der Waals surface area contributed by atoms with Crippen LogP contribution in [0.1, 0.15) is 18.2 Å². The van der Waals surface area contributed by atoms with Crippen LogP contribution < -0.4 is 4.74 Å². The SMILES string of the molecule is CCc1c(-c2ccccn2)c(OC)nc2c(C#N)cnn12. The molecule has 6 nitrogen and oxygen atoms in total. The number of aryl methyl sites for hydroxylation is 1. The molecule has 0 aliphatic rings. The Hall–Kier alpha value is -2.94. The molecule has 0 saturated carbocycles. The molecule has 6 heteroatoms. The van der Waals surface area contributed by atoms with Gasteiger partial charge in [-0.15, -0.1) is 0 Å². The quantitative estimate of drug-likeness (QED) is 0.734. The number of fused-ring (bicyclic) bond motifs is 1. The number of aromatic nitrogens is 4. The molecule has 0 saturated heterocycles. The van der Waals surface area contributed by atoms with E-state index in [0.717, 1.165) is 17.0 Å². The molecule has 3 aromatic rings. The highest BCUT2D eigenvalue weighted by Gasteiger charge is 2.20. The van der Waals surface area contributed by atoms with Crippen LogP contribution in [0.5, 0.6) is 5.88 Å². The average molecular weight is 279 g/mol. The normalized spacial score (nSPS) is 10.5. The van der Waals surface area contributed by atoms with Gasteiger partial charge in [-0.05, 0) is 18.6 Å². The van der Waals surface area contributed by atoms with Gasteiger partial charge in [-0.3, -0.25) is 4.98 Å². The summed E-state index contributed by atoms with van der Waals surface area (Å²) in [5.74, 6) is 0.454. The van der Waals surface area contributed by atoms with E-state index < -0.39 is 0 Å². The number of rotatable bonds is 3. The Bertz CT molecular complexity index is 833. The fourth-order valence-corrected chi connectivity index (χ4v) is 2.35. The van der Waals surface area contributed by atoms with Crippen molar-refractivity contribution in [3.05, 3.63) is 41.9 Å². The Kier molecular flexibility index (Phi) is 3.24. The maximum absolute atomic E-state index is 9.14. The minimum absolute atomic E-state index is 0.426. The lowest BCUT2D eigenvalue weighted by molar-refractivity contribution is 0.399. The molecule has 0 spiro atoms. The van der Waals surface area contributed by atoms with E-state index in [4.69, 9.17) is 10.00 Å². The molecule has 0 amide bonds. The first-order valence-corrected chi connectivity index (χ1v) is 6.56. The summed E-state index contributed by atoms with van der Waals surface area (Å²) >= 11 is 0. The first-order valence-electron chi connectivity index (χ1n) is 6.56. The van der Waals surface area contributed by atoms with E-state index in [0.29, 0.717) is 23.5 Å². The molecule has 0 atom stereocenters. The number of hydrogen-bond acceptors (Lipinski definition) is 5. The molecular formula is C15H13N5O. The number of hydrogen-bond donors (Lipinski definition) is 0. The maximum atomic E-state index is 9.14. The van der Waals surface area contributed by atoms with Gasteiger partial charge in [0.05, 0.1) is 30.3 Å². The molecular weight excluding hydrogens is 266 g/mol. The molecule has 0 aromatic carbocycles. The van der Waals surface area contributed by atoms with E-state index in [1.165, 1.54) is 6.20 Å². The van der Waals surface area contributed by atoms with Crippen molar-refractivity contribution in [2.24, 2.45) is 0 Å². The van der Waals surface area contributed by atoms with Crippen molar-refractivity contribution in [2.45, 2.75) is 13.3 Å². The number of ether oxygens (including phenoxy) is 1. The van der Waals surface area contributed by atoms with Crippen LogP contribution in [-0.4, -0.2) is 26.7 Å². The Balaban J connectivity index is 2.41. The van der Waals surface area contributed by atoms with E-state index >= 15 is 0 Å². The van der Waals surface area contributed by atoms with Gasteiger partial charge in [0.25, 0.3) is 0 Å². The van der Waals surface area contributed by atoms with Gasteiger partial charge in [-0.25, -0.2) is 4.52 Å². The Labute approximate surface area is 121 Å². The third-order valence-corrected chi connectivity index (χ3v) is 3.28. The van der Waals surface area contributed by atoms with Crippen LogP contribution in [0.15, 0.2) is 30.6 Å². The number of nitriles is 1. The highest BCUT2D eigenvalue weighted by atomic mass is 16.5. The summed E-state index contributed by atoms with van der Waals surface area (Å²) in [4.78, 5) is 8.80. The summed E-state index contributed by atoms with van der Waals surface area (Å²) in [5.41, 5.74) is 3.42. The van der Waals surface area contributed by atoms with Crippen LogP contribution in [0.2, 0.25) is 0 Å². The van der Waals surface area contributed by atoms with Crippen LogP contribution in [0.25, 0.3) is 16.9 Å². The van der Waals surface area contributed by atoms with Crippen molar-refractivity contribution in [1.29, 1.82) is 5.26 Å². The lowest BCUT2D eigenvalue weighted by atomic mass is 10.1. The van der Waals surface area contributed by atoms with E-state index in [1.807, 2.05) is 25.1 Å². The Morgan fingerprint density at radius 1 is 1.38 bits per heavy atom. The molecule has 0 aliphatic carbocycles. The van der Waals surface area contributed by atoms with Crippen molar-refractivity contribution in [3.63, 3.8) is 0 Å². The van der Waals surface area contributed by atoms with Crippen molar-refractivity contribution < 1.29 is 4.74 Å². The van der Waals surface area contributed by atoms with Gasteiger partial charge >= 0.3 is 0 Å². The predicted octanol–water partition coefficient (Wildman–Crippen LogP) is 2.23. The van der Waals surface area contributed by atoms with Gasteiger partial charge in [-0.2, -0.15) is 15.3 Å². The van der Waals surface area contributed by atoms with Gasteiger partial charge in [-0.1, -0.05) is 13.0 Å². The largest absolute Gasteiger partial charge is 0.480 e. The van der Waals surface area contributed by atoms with Gasteiger partial charge in [0.1, 0.15) is 11.6 Å². The second-order valence-electron chi connectivity index (χ2n) is 4.42. The van der Waals surface area contributed by atoms with Crippen LogP contribution in [0.3, 0.4) is 0 Å². The van der Waals surface area contributed by atoms with Gasteiger partial charge in [0, 0.05) is 6.20 Å². The molecule has 0 bridgehead atoms. The van der Waals surface area contributed by atoms with Crippen molar-refractivity contribution in [3.8, 4) is 23.2 Å². The second kappa shape index (κ2) is 5.21. The maximum Gasteiger partial charge on any atom is 0.226 e. The highest BCUT2D eigenvalue weighted by Crippen LogP contribution is 2.32. The van der Waals surface area contributed by atoms with Crippen LogP contribution >= 0.6 is 0 Å². The lowest BCUT2D eigenvalue weighted by Gasteiger charge is -2.13. The van der Waals surface area contributed by atoms with E-state index in [-0.39, 0.29) is 0 Å². The van der Waals surface area contributed by atoms with Crippen LogP contribution in [-0.2, 0) is 6.42 Å². The van der Waals surface area contributed by atoms with Crippen molar-refractivity contribution >= 4 is 5.65 Å². The summed E-state index contributed by atoms with van der Waals surface area (Å²) in [6.45, 7) is 2.02. The summed E-state index contributed by atoms with van der Waals surface area (Å²) < 4.78 is 7.10. The Morgan fingerprint density at radius 3 is 2.86 bits per heavy atom. The lowest BCUT2D eigenvalue weighted by Crippen LogP contribution is -2.06. The third kappa shape index (κ3) is 1.99. The van der Waals surface area contributed by atoms with E-state index in [9.17, 15) is 0 Å². The summed E-state index contributed by atoms with van der Waals surface area (Å²) in [6, 6.07) is 7.77. The van der Waals surface area contributed by atoms with Crippen molar-refractivity contribution in [2.75, 3.05) is 7.11 Å². The number of nitrogens with zero attached hydrogens (tertiary/aromatic N) is 5. The van der Waals surface area contributed by atoms with Gasteiger partial charge in [0.15, 0.2) is 5.65 Å². The van der Waals surface area contributed by atoms with Crippen molar-refractivity contribution in [1.82, 2.24) is 19.6 Å². The molecule has 0 unspecified atom stereocenters. The second-order valence-corrected chi connectivity index (χ2v) is 4.42. The minimum Gasteiger partial charge on any atom is -0.480 e. The summed E-state index contributed by atoms with van der Waals surface area (Å²) in [5, 5.41) is 13.4. The predicted molar refractivity (Wildman–Crippen MR) is 76.9 cm³/mol. The Morgan fingerprint density at radius 2 is 2.24 bits per heavy atom. The molecule has 104 valence electrons. The first-order chi connectivity index (χ1) is 10.3. The minimum atomic E-state index is 0.426. The average Bonchev–Trinajstić information content (AvgIpc) is 2.96. The molecule has 0 N–H and O–H groups in total. The molecule has 21 heavy (non-hydrogen) atoms.